The maximum absolute atomic E-state index is 12.3. The summed E-state index contributed by atoms with van der Waals surface area (Å²) in [6, 6.07) is -0.761. The summed E-state index contributed by atoms with van der Waals surface area (Å²) in [6.45, 7) is 4.11. The van der Waals surface area contributed by atoms with Crippen LogP contribution in [0.5, 0.6) is 0 Å². The summed E-state index contributed by atoms with van der Waals surface area (Å²) in [7, 11) is 0. The van der Waals surface area contributed by atoms with Gasteiger partial charge in [0.25, 0.3) is 0 Å². The Morgan fingerprint density at radius 2 is 1.13 bits per heavy atom. The molecular weight excluding hydrogens is 486 g/mol. The molecule has 0 bridgehead atoms. The molecule has 0 aliphatic rings. The monoisotopic (exact) mass is 549 g/mol. The van der Waals surface area contributed by atoms with Gasteiger partial charge in [0.1, 0.15) is 0 Å². The second kappa shape index (κ2) is 29.6. The number of hydrogen-bond donors (Lipinski definition) is 4. The molecule has 0 radical (unpaired) electrons. The molecular formula is C34H63NO4. The fourth-order valence-electron chi connectivity index (χ4n) is 4.57. The van der Waals surface area contributed by atoms with Crippen molar-refractivity contribution in [2.75, 3.05) is 6.61 Å². The Balaban J connectivity index is 3.87. The van der Waals surface area contributed by atoms with E-state index in [1.165, 1.54) is 70.6 Å². The highest BCUT2D eigenvalue weighted by molar-refractivity contribution is 5.76. The minimum absolute atomic E-state index is 0.00634. The maximum atomic E-state index is 12.3. The molecule has 5 heteroatoms. The van der Waals surface area contributed by atoms with Gasteiger partial charge in [0.15, 0.2) is 0 Å². The zero-order chi connectivity index (χ0) is 28.8. The summed E-state index contributed by atoms with van der Waals surface area (Å²) in [5.41, 5.74) is 0. The molecule has 0 saturated carbocycles. The lowest BCUT2D eigenvalue weighted by Gasteiger charge is -2.20. The van der Waals surface area contributed by atoms with Gasteiger partial charge < -0.3 is 20.6 Å². The molecule has 0 aromatic heterocycles. The summed E-state index contributed by atoms with van der Waals surface area (Å²) in [6.07, 6.45) is 34.1. The first-order valence-corrected chi connectivity index (χ1v) is 16.3. The largest absolute Gasteiger partial charge is 0.394 e. The highest BCUT2D eigenvalue weighted by atomic mass is 16.3. The van der Waals surface area contributed by atoms with E-state index in [0.29, 0.717) is 6.42 Å². The van der Waals surface area contributed by atoms with E-state index in [-0.39, 0.29) is 18.9 Å². The first-order valence-electron chi connectivity index (χ1n) is 16.3. The molecule has 3 atom stereocenters. The summed E-state index contributed by atoms with van der Waals surface area (Å²) < 4.78 is 0. The van der Waals surface area contributed by atoms with Crippen molar-refractivity contribution in [2.24, 2.45) is 0 Å². The third-order valence-electron chi connectivity index (χ3n) is 7.15. The molecule has 0 aliphatic heterocycles. The van der Waals surface area contributed by atoms with Crippen LogP contribution in [0.25, 0.3) is 0 Å². The van der Waals surface area contributed by atoms with Gasteiger partial charge in [-0.1, -0.05) is 127 Å². The Kier molecular flexibility index (Phi) is 28.5. The number of amides is 1. The van der Waals surface area contributed by atoms with Gasteiger partial charge in [-0.05, 0) is 51.4 Å². The number of allylic oxidation sites excluding steroid dienone is 5. The number of carbonyl (C=O) groups excluding carboxylic acids is 1. The molecule has 0 saturated heterocycles. The summed E-state index contributed by atoms with van der Waals surface area (Å²) in [4.78, 5) is 12.3. The molecule has 0 aliphatic carbocycles. The van der Waals surface area contributed by atoms with Gasteiger partial charge in [-0.15, -0.1) is 0 Å². The van der Waals surface area contributed by atoms with Crippen molar-refractivity contribution in [1.82, 2.24) is 5.32 Å². The zero-order valence-corrected chi connectivity index (χ0v) is 25.5. The van der Waals surface area contributed by atoms with Gasteiger partial charge in [0.2, 0.25) is 5.91 Å². The van der Waals surface area contributed by atoms with Crippen molar-refractivity contribution < 1.29 is 20.1 Å². The van der Waals surface area contributed by atoms with Crippen LogP contribution in [0.1, 0.15) is 149 Å². The van der Waals surface area contributed by atoms with Crippen LogP contribution in [0.2, 0.25) is 0 Å². The van der Waals surface area contributed by atoms with E-state index in [9.17, 15) is 20.1 Å². The van der Waals surface area contributed by atoms with Crippen molar-refractivity contribution in [3.8, 4) is 0 Å². The predicted molar refractivity (Wildman–Crippen MR) is 167 cm³/mol. The van der Waals surface area contributed by atoms with Crippen molar-refractivity contribution in [3.63, 3.8) is 0 Å². The molecule has 0 heterocycles. The van der Waals surface area contributed by atoms with E-state index < -0.39 is 18.2 Å². The number of nitrogens with one attached hydrogen (secondary N) is 1. The maximum Gasteiger partial charge on any atom is 0.222 e. The third-order valence-corrected chi connectivity index (χ3v) is 7.15. The van der Waals surface area contributed by atoms with E-state index in [0.717, 1.165) is 51.4 Å². The van der Waals surface area contributed by atoms with Crippen molar-refractivity contribution in [3.05, 3.63) is 36.5 Å². The van der Waals surface area contributed by atoms with Crippen LogP contribution in [0.15, 0.2) is 36.5 Å². The molecule has 5 nitrogen and oxygen atoms in total. The number of carbonyl (C=O) groups is 1. The number of unbranched alkanes of at least 4 members (excludes halogenated alkanes) is 15. The molecule has 0 rings (SSSR count). The topological polar surface area (TPSA) is 89.8 Å². The quantitative estimate of drug-likeness (QED) is 0.0586. The fraction of sp³-hybridized carbons (Fsp3) is 0.794. The lowest BCUT2D eigenvalue weighted by molar-refractivity contribution is -0.124. The average Bonchev–Trinajstić information content (AvgIpc) is 2.92. The number of rotatable bonds is 28. The predicted octanol–water partition coefficient (Wildman–Crippen LogP) is 8.09. The molecule has 0 aromatic rings. The molecule has 0 fully saturated rings. The smallest absolute Gasteiger partial charge is 0.222 e. The van der Waals surface area contributed by atoms with E-state index in [4.69, 9.17) is 0 Å². The van der Waals surface area contributed by atoms with E-state index >= 15 is 0 Å². The Hall–Kier alpha value is -1.43. The van der Waals surface area contributed by atoms with Crippen LogP contribution in [-0.4, -0.2) is 46.1 Å². The van der Waals surface area contributed by atoms with Crippen LogP contribution >= 0.6 is 0 Å². The van der Waals surface area contributed by atoms with E-state index in [2.05, 4.69) is 43.5 Å². The number of aliphatic hydroxyl groups excluding tert-OH is 3. The van der Waals surface area contributed by atoms with E-state index in [1.807, 2.05) is 6.08 Å². The first-order chi connectivity index (χ1) is 19.0. The molecule has 4 N–H and O–H groups in total. The number of aliphatic hydroxyl groups is 3. The average molecular weight is 550 g/mol. The molecule has 3 unspecified atom stereocenters. The first kappa shape index (κ1) is 37.6. The second-order valence-corrected chi connectivity index (χ2v) is 11.1. The normalized spacial score (nSPS) is 14.5. The van der Waals surface area contributed by atoms with E-state index in [1.54, 1.807) is 6.08 Å². The Labute approximate surface area is 241 Å². The van der Waals surface area contributed by atoms with Crippen molar-refractivity contribution in [1.29, 1.82) is 0 Å². The van der Waals surface area contributed by atoms with Gasteiger partial charge >= 0.3 is 0 Å². The Morgan fingerprint density at radius 1 is 0.641 bits per heavy atom. The van der Waals surface area contributed by atoms with Crippen LogP contribution in [0, 0.1) is 0 Å². The molecule has 0 aromatic carbocycles. The number of hydrogen-bond acceptors (Lipinski definition) is 4. The lowest BCUT2D eigenvalue weighted by Crippen LogP contribution is -2.45. The van der Waals surface area contributed by atoms with Crippen molar-refractivity contribution in [2.45, 2.75) is 167 Å². The van der Waals surface area contributed by atoms with Gasteiger partial charge in [-0.3, -0.25) is 4.79 Å². The van der Waals surface area contributed by atoms with Gasteiger partial charge in [0, 0.05) is 0 Å². The third kappa shape index (κ3) is 26.6. The Morgan fingerprint density at radius 3 is 1.72 bits per heavy atom. The molecule has 39 heavy (non-hydrogen) atoms. The van der Waals surface area contributed by atoms with Gasteiger partial charge in [0.05, 0.1) is 31.3 Å². The summed E-state index contributed by atoms with van der Waals surface area (Å²) >= 11 is 0. The minimum atomic E-state index is -0.951. The Bertz CT molecular complexity index is 616. The van der Waals surface area contributed by atoms with Crippen molar-refractivity contribution >= 4 is 5.91 Å². The molecule has 1 amide bonds. The molecule has 0 spiro atoms. The van der Waals surface area contributed by atoms with Crippen LogP contribution in [0.4, 0.5) is 0 Å². The standard InChI is InChI=1S/C34H63NO4/c1-3-5-7-9-11-13-14-15-16-17-18-20-22-24-26-28-33(38)32(30-36)35-34(39)29-31(37)27-25-23-21-19-12-10-8-6-4-2/h10,12,18,20,26,28,31-33,36-38H,3-9,11,13-17,19,21-25,27,29-30H2,1-2H3,(H,35,39)/b12-10-,20-18+,28-26+. The second-order valence-electron chi connectivity index (χ2n) is 11.1. The van der Waals surface area contributed by atoms with Gasteiger partial charge in [-0.25, -0.2) is 0 Å². The van der Waals surface area contributed by atoms with Crippen LogP contribution < -0.4 is 5.32 Å². The minimum Gasteiger partial charge on any atom is -0.394 e. The highest BCUT2D eigenvalue weighted by Gasteiger charge is 2.19. The van der Waals surface area contributed by atoms with Crippen LogP contribution in [-0.2, 0) is 4.79 Å². The summed E-state index contributed by atoms with van der Waals surface area (Å²) in [5.74, 6) is -0.340. The SMILES string of the molecule is CCCC/C=C\CCCCCC(O)CC(=O)NC(CO)C(O)/C=C/CC/C=C/CCCCCCCCCCC. The van der Waals surface area contributed by atoms with Gasteiger partial charge in [-0.2, -0.15) is 0 Å². The lowest BCUT2D eigenvalue weighted by atomic mass is 10.1. The fourth-order valence-corrected chi connectivity index (χ4v) is 4.57. The molecule has 228 valence electrons. The summed E-state index contributed by atoms with van der Waals surface area (Å²) in [5, 5.41) is 32.8. The zero-order valence-electron chi connectivity index (χ0n) is 25.5. The van der Waals surface area contributed by atoms with Crippen LogP contribution in [0.3, 0.4) is 0 Å². The highest BCUT2D eigenvalue weighted by Crippen LogP contribution is 2.12.